The molecule has 0 bridgehead atoms. The first kappa shape index (κ1) is 20.5. The summed E-state index contributed by atoms with van der Waals surface area (Å²) in [5, 5.41) is 11.4. The summed E-state index contributed by atoms with van der Waals surface area (Å²) >= 11 is 6.39. The molecule has 146 valence electrons. The minimum absolute atomic E-state index is 0.103. The van der Waals surface area contributed by atoms with Crippen molar-refractivity contribution in [3.63, 3.8) is 0 Å². The number of carboxylic acids is 1. The zero-order chi connectivity index (χ0) is 21.0. The summed E-state index contributed by atoms with van der Waals surface area (Å²) in [4.78, 5) is 25.8. The van der Waals surface area contributed by atoms with Crippen LogP contribution in [0.3, 0.4) is 0 Å². The first-order chi connectivity index (χ1) is 14.0. The summed E-state index contributed by atoms with van der Waals surface area (Å²) in [7, 11) is 1.50. The number of hydrogen-bond donors (Lipinski definition) is 0. The van der Waals surface area contributed by atoms with Gasteiger partial charge in [0.25, 0.3) is 5.91 Å². The number of methoxy groups -OCH3 is 1. The molecule has 1 amide bonds. The highest BCUT2D eigenvalue weighted by Crippen LogP contribution is 2.38. The normalized spacial score (nSPS) is 14.8. The molecule has 1 heterocycles. The topological polar surface area (TPSA) is 78.9 Å². The number of ether oxygens (including phenoxy) is 2. The number of carbonyl (C=O) groups is 2. The zero-order valence-electron chi connectivity index (χ0n) is 15.2. The molecule has 0 N–H and O–H groups in total. The molecular weight excluding hydrogens is 410 g/mol. The second-order valence-electron chi connectivity index (χ2n) is 5.72. The van der Waals surface area contributed by atoms with Gasteiger partial charge in [-0.3, -0.25) is 9.69 Å². The summed E-state index contributed by atoms with van der Waals surface area (Å²) in [6, 6.07) is 11.2. The molecule has 0 spiro atoms. The molecule has 2 aromatic rings. The Morgan fingerprint density at radius 1 is 1.31 bits per heavy atom. The number of aromatic carboxylic acids is 1. The smallest absolute Gasteiger partial charge is 0.270 e. The fourth-order valence-corrected chi connectivity index (χ4v) is 3.97. The Morgan fingerprint density at radius 2 is 2.07 bits per heavy atom. The Bertz CT molecular complexity index is 1070. The number of nitrogens with zero attached hydrogens (tertiary/aromatic N) is 1. The highest BCUT2D eigenvalue weighted by atomic mass is 32.2. The first-order valence-corrected chi connectivity index (χ1v) is 9.51. The van der Waals surface area contributed by atoms with E-state index in [9.17, 15) is 14.7 Å². The van der Waals surface area contributed by atoms with Crippen molar-refractivity contribution in [1.29, 1.82) is 0 Å². The number of para-hydroxylation sites is 1. The van der Waals surface area contributed by atoms with E-state index in [1.807, 2.05) is 0 Å². The van der Waals surface area contributed by atoms with Crippen LogP contribution in [0.25, 0.3) is 6.08 Å². The zero-order valence-corrected chi connectivity index (χ0v) is 16.8. The van der Waals surface area contributed by atoms with Gasteiger partial charge in [0.05, 0.1) is 23.7 Å². The van der Waals surface area contributed by atoms with Gasteiger partial charge in [0.1, 0.15) is 6.61 Å². The molecule has 0 aliphatic carbocycles. The highest BCUT2D eigenvalue weighted by molar-refractivity contribution is 8.27. The van der Waals surface area contributed by atoms with Crippen LogP contribution in [0, 0.1) is 12.3 Å². The van der Waals surface area contributed by atoms with Gasteiger partial charge in [0, 0.05) is 5.56 Å². The van der Waals surface area contributed by atoms with Crippen LogP contribution in [0.4, 0.5) is 5.69 Å². The van der Waals surface area contributed by atoms with E-state index in [-0.39, 0.29) is 22.2 Å². The van der Waals surface area contributed by atoms with E-state index in [4.69, 9.17) is 28.1 Å². The number of carbonyl (C=O) groups excluding carboxylic acids is 2. The Hall–Kier alpha value is -3.28. The monoisotopic (exact) mass is 424 g/mol. The summed E-state index contributed by atoms with van der Waals surface area (Å²) in [6.07, 6.45) is 6.85. The predicted molar refractivity (Wildman–Crippen MR) is 114 cm³/mol. The van der Waals surface area contributed by atoms with Crippen molar-refractivity contribution >= 4 is 51.9 Å². The van der Waals surface area contributed by atoms with E-state index in [1.54, 1.807) is 36.4 Å². The maximum absolute atomic E-state index is 12.9. The Balaban J connectivity index is 1.93. The summed E-state index contributed by atoms with van der Waals surface area (Å²) in [5.41, 5.74) is 0.749. The first-order valence-electron chi connectivity index (χ1n) is 8.29. The number of thioether (sulfide) groups is 1. The van der Waals surface area contributed by atoms with Crippen LogP contribution in [-0.2, 0) is 4.79 Å². The number of amides is 1. The molecule has 0 atom stereocenters. The fraction of sp³-hybridized carbons (Fsp3) is 0.0952. The minimum atomic E-state index is -1.38. The molecule has 2 aromatic carbocycles. The van der Waals surface area contributed by atoms with Gasteiger partial charge in [-0.05, 0) is 29.8 Å². The van der Waals surface area contributed by atoms with Gasteiger partial charge in [0.2, 0.25) is 0 Å². The molecule has 0 aromatic heterocycles. The van der Waals surface area contributed by atoms with Gasteiger partial charge >= 0.3 is 0 Å². The number of rotatable bonds is 6. The summed E-state index contributed by atoms with van der Waals surface area (Å²) in [5.74, 6) is 1.53. The van der Waals surface area contributed by atoms with Crippen molar-refractivity contribution in [3.05, 3.63) is 58.5 Å². The third-order valence-corrected chi connectivity index (χ3v) is 5.26. The van der Waals surface area contributed by atoms with Crippen LogP contribution >= 0.6 is 24.0 Å². The van der Waals surface area contributed by atoms with Gasteiger partial charge in [0.15, 0.2) is 15.8 Å². The number of benzene rings is 2. The SMILES string of the molecule is C#CCOc1ccc(/C=C2\SC(=S)N(c3ccccc3C(=O)[O-])C2=O)cc1OC. The van der Waals surface area contributed by atoms with Crippen molar-refractivity contribution in [1.82, 2.24) is 0 Å². The lowest BCUT2D eigenvalue weighted by molar-refractivity contribution is -0.254. The fourth-order valence-electron chi connectivity index (χ4n) is 2.68. The Labute approximate surface area is 177 Å². The quantitative estimate of drug-likeness (QED) is 0.400. The predicted octanol–water partition coefficient (Wildman–Crippen LogP) is 2.48. The molecule has 1 aliphatic heterocycles. The average Bonchev–Trinajstić information content (AvgIpc) is 2.99. The van der Waals surface area contributed by atoms with Gasteiger partial charge in [-0.15, -0.1) is 6.42 Å². The van der Waals surface area contributed by atoms with E-state index < -0.39 is 11.9 Å². The van der Waals surface area contributed by atoms with Gasteiger partial charge < -0.3 is 19.4 Å². The molecule has 8 heteroatoms. The van der Waals surface area contributed by atoms with Crippen LogP contribution in [0.5, 0.6) is 11.5 Å². The van der Waals surface area contributed by atoms with E-state index in [0.29, 0.717) is 22.0 Å². The molecule has 1 aliphatic rings. The van der Waals surface area contributed by atoms with Crippen LogP contribution in [0.2, 0.25) is 0 Å². The van der Waals surface area contributed by atoms with Gasteiger partial charge in [-0.2, -0.15) is 0 Å². The molecule has 1 saturated heterocycles. The molecule has 0 unspecified atom stereocenters. The number of terminal acetylenes is 1. The standard InChI is InChI=1S/C21H15NO5S2/c1-3-10-27-16-9-8-13(11-17(16)26-2)12-18-19(23)22(21(28)29-18)15-7-5-4-6-14(15)20(24)25/h1,4-9,11-12H,10H2,2H3,(H,24,25)/p-1/b18-12-. The van der Waals surface area contributed by atoms with Gasteiger partial charge in [-0.25, -0.2) is 0 Å². The number of hydrogen-bond acceptors (Lipinski definition) is 7. The molecule has 0 saturated carbocycles. The van der Waals surface area contributed by atoms with Crippen molar-refractivity contribution in [2.45, 2.75) is 0 Å². The van der Waals surface area contributed by atoms with Crippen molar-refractivity contribution in [3.8, 4) is 23.8 Å². The summed E-state index contributed by atoms with van der Waals surface area (Å²) in [6.45, 7) is 0.103. The van der Waals surface area contributed by atoms with Crippen LogP contribution in [0.1, 0.15) is 15.9 Å². The van der Waals surface area contributed by atoms with E-state index in [0.717, 1.165) is 11.8 Å². The molecule has 3 rings (SSSR count). The Morgan fingerprint density at radius 3 is 2.76 bits per heavy atom. The molecule has 1 fully saturated rings. The van der Waals surface area contributed by atoms with Gasteiger partial charge in [-0.1, -0.05) is 54.2 Å². The maximum Gasteiger partial charge on any atom is 0.270 e. The van der Waals surface area contributed by atoms with Crippen LogP contribution in [-0.4, -0.2) is 29.9 Å². The largest absolute Gasteiger partial charge is 0.545 e. The third-order valence-electron chi connectivity index (χ3n) is 3.96. The third kappa shape index (κ3) is 4.26. The maximum atomic E-state index is 12.9. The van der Waals surface area contributed by atoms with E-state index in [1.165, 1.54) is 24.1 Å². The summed E-state index contributed by atoms with van der Waals surface area (Å²) < 4.78 is 10.9. The molecule has 0 radical (unpaired) electrons. The van der Waals surface area contributed by atoms with Crippen LogP contribution in [0.15, 0.2) is 47.4 Å². The van der Waals surface area contributed by atoms with E-state index in [2.05, 4.69) is 5.92 Å². The molecule has 6 nitrogen and oxygen atoms in total. The van der Waals surface area contributed by atoms with E-state index >= 15 is 0 Å². The number of anilines is 1. The minimum Gasteiger partial charge on any atom is -0.545 e. The Kier molecular flexibility index (Phi) is 6.22. The number of thiocarbonyl (C=S) groups is 1. The van der Waals surface area contributed by atoms with Crippen molar-refractivity contribution in [2.75, 3.05) is 18.6 Å². The van der Waals surface area contributed by atoms with Crippen LogP contribution < -0.4 is 19.5 Å². The average molecular weight is 424 g/mol. The molecule has 29 heavy (non-hydrogen) atoms. The lowest BCUT2D eigenvalue weighted by Gasteiger charge is -2.19. The lowest BCUT2D eigenvalue weighted by atomic mass is 10.1. The highest BCUT2D eigenvalue weighted by Gasteiger charge is 2.34. The molecular formula is C21H14NO5S2-. The lowest BCUT2D eigenvalue weighted by Crippen LogP contribution is -2.32. The van der Waals surface area contributed by atoms with Crippen molar-refractivity contribution in [2.24, 2.45) is 0 Å². The van der Waals surface area contributed by atoms with Crippen molar-refractivity contribution < 1.29 is 24.2 Å². The number of carboxylic acid groups (broad SMARTS) is 1. The second kappa shape index (κ2) is 8.82. The second-order valence-corrected chi connectivity index (χ2v) is 7.40.